The topological polar surface area (TPSA) is 29.5 Å². The van der Waals surface area contributed by atoms with E-state index in [0.717, 1.165) is 6.04 Å². The molecule has 0 amide bonds. The number of rotatable bonds is 10. The molecule has 1 unspecified atom stereocenters. The first-order valence-corrected chi connectivity index (χ1v) is 14.7. The lowest BCUT2D eigenvalue weighted by atomic mass is 10.1. The molecule has 0 spiro atoms. The first-order valence-electron chi connectivity index (χ1n) is 8.81. The van der Waals surface area contributed by atoms with Crippen molar-refractivity contribution in [2.45, 2.75) is 96.4 Å². The molecule has 0 heterocycles. The Morgan fingerprint density at radius 2 is 1.36 bits per heavy atom. The van der Waals surface area contributed by atoms with E-state index < -0.39 is 22.5 Å². The van der Waals surface area contributed by atoms with E-state index in [1.165, 1.54) is 5.57 Å². The van der Waals surface area contributed by atoms with Gasteiger partial charge in [-0.25, -0.2) is 0 Å². The van der Waals surface area contributed by atoms with Crippen molar-refractivity contribution in [2.75, 3.05) is 6.61 Å². The molecule has 0 aromatic rings. The number of aliphatic hydroxyl groups excluding tert-OH is 1. The van der Waals surface area contributed by atoms with E-state index in [1.54, 1.807) is 0 Å². The van der Waals surface area contributed by atoms with E-state index in [9.17, 15) is 5.11 Å². The van der Waals surface area contributed by atoms with Crippen LogP contribution in [-0.4, -0.2) is 34.2 Å². The van der Waals surface area contributed by atoms with Crippen molar-refractivity contribution < 1.29 is 9.53 Å². The number of hydrogen-bond acceptors (Lipinski definition) is 2. The van der Waals surface area contributed by atoms with E-state index in [4.69, 9.17) is 4.43 Å². The quantitative estimate of drug-likeness (QED) is 0.399. The molecule has 0 fully saturated rings. The van der Waals surface area contributed by atoms with Gasteiger partial charge in [-0.2, -0.15) is 0 Å². The minimum atomic E-state index is -1.87. The standard InChI is InChI=1S/C18H40O2Si2/c1-14(2)22(15(3)4,16(5)6)20-12-18(19)11-17(7)13-21(8,9)10/h14-16,18-19H,7,11-13H2,1-6,8-10H3. The van der Waals surface area contributed by atoms with Crippen LogP contribution in [0.4, 0.5) is 0 Å². The number of hydrogen-bond donors (Lipinski definition) is 1. The molecular formula is C18H40O2Si2. The van der Waals surface area contributed by atoms with Gasteiger partial charge in [0.25, 0.3) is 0 Å². The van der Waals surface area contributed by atoms with Crippen molar-refractivity contribution in [3.05, 3.63) is 12.2 Å². The van der Waals surface area contributed by atoms with Crippen LogP contribution in [-0.2, 0) is 4.43 Å². The van der Waals surface area contributed by atoms with E-state index in [1.807, 2.05) is 0 Å². The maximum atomic E-state index is 10.4. The predicted molar refractivity (Wildman–Crippen MR) is 105 cm³/mol. The Bertz CT molecular complexity index is 322. The summed E-state index contributed by atoms with van der Waals surface area (Å²) in [4.78, 5) is 0. The summed E-state index contributed by atoms with van der Waals surface area (Å²) in [5.41, 5.74) is 2.86. The van der Waals surface area contributed by atoms with Gasteiger partial charge in [-0.1, -0.05) is 66.8 Å². The van der Waals surface area contributed by atoms with Gasteiger partial charge in [-0.05, 0) is 29.1 Å². The van der Waals surface area contributed by atoms with E-state index in [2.05, 4.69) is 67.8 Å². The van der Waals surface area contributed by atoms with Crippen molar-refractivity contribution in [2.24, 2.45) is 0 Å². The summed E-state index contributed by atoms with van der Waals surface area (Å²) >= 11 is 0. The van der Waals surface area contributed by atoms with Gasteiger partial charge in [-0.3, -0.25) is 0 Å². The molecule has 0 aliphatic rings. The normalized spacial score (nSPS) is 15.0. The third kappa shape index (κ3) is 6.69. The Morgan fingerprint density at radius 1 is 0.955 bits per heavy atom. The highest BCUT2D eigenvalue weighted by molar-refractivity contribution is 6.77. The van der Waals surface area contributed by atoms with Gasteiger partial charge in [0.1, 0.15) is 0 Å². The van der Waals surface area contributed by atoms with E-state index >= 15 is 0 Å². The van der Waals surface area contributed by atoms with Crippen LogP contribution in [0.25, 0.3) is 0 Å². The highest BCUT2D eigenvalue weighted by atomic mass is 28.4. The zero-order valence-corrected chi connectivity index (χ0v) is 18.5. The van der Waals surface area contributed by atoms with Gasteiger partial charge in [0.2, 0.25) is 0 Å². The first kappa shape index (κ1) is 22.1. The summed E-state index contributed by atoms with van der Waals surface area (Å²) in [6.07, 6.45) is 0.273. The highest BCUT2D eigenvalue weighted by Gasteiger charge is 2.45. The first-order chi connectivity index (χ1) is 9.82. The molecule has 132 valence electrons. The van der Waals surface area contributed by atoms with E-state index in [0.29, 0.717) is 29.7 Å². The fraction of sp³-hybridized carbons (Fsp3) is 0.889. The summed E-state index contributed by atoms with van der Waals surface area (Å²) in [5, 5.41) is 10.4. The van der Waals surface area contributed by atoms with Gasteiger partial charge in [0.15, 0.2) is 8.32 Å². The Kier molecular flexibility index (Phi) is 8.85. The smallest absolute Gasteiger partial charge is 0.200 e. The SMILES string of the molecule is C=C(CC(O)CO[Si](C(C)C)(C(C)C)C(C)C)C[Si](C)(C)C. The molecule has 0 saturated carbocycles. The third-order valence-corrected chi connectivity index (χ3v) is 12.2. The molecule has 22 heavy (non-hydrogen) atoms. The minimum absolute atomic E-state index is 0.410. The Hall–Kier alpha value is 0.0938. The van der Waals surface area contributed by atoms with Gasteiger partial charge < -0.3 is 9.53 Å². The van der Waals surface area contributed by atoms with Crippen LogP contribution in [0.15, 0.2) is 12.2 Å². The zero-order valence-electron chi connectivity index (χ0n) is 16.5. The van der Waals surface area contributed by atoms with Crippen LogP contribution in [0, 0.1) is 0 Å². The predicted octanol–water partition coefficient (Wildman–Crippen LogP) is 5.82. The van der Waals surface area contributed by atoms with E-state index in [-0.39, 0.29) is 0 Å². The van der Waals surface area contributed by atoms with Crippen molar-refractivity contribution in [1.29, 1.82) is 0 Å². The minimum Gasteiger partial charge on any atom is -0.413 e. The van der Waals surface area contributed by atoms with Crippen LogP contribution in [0.5, 0.6) is 0 Å². The van der Waals surface area contributed by atoms with Gasteiger partial charge in [0, 0.05) is 8.07 Å². The van der Waals surface area contributed by atoms with Gasteiger partial charge in [0.05, 0.1) is 12.7 Å². The Balaban J connectivity index is 4.70. The summed E-state index contributed by atoms with van der Waals surface area (Å²) < 4.78 is 6.47. The third-order valence-electron chi connectivity index (χ3n) is 4.54. The molecule has 0 radical (unpaired) electrons. The fourth-order valence-electron chi connectivity index (χ4n) is 3.95. The molecule has 2 nitrogen and oxygen atoms in total. The van der Waals surface area contributed by atoms with Crippen molar-refractivity contribution >= 4 is 16.4 Å². The maximum Gasteiger partial charge on any atom is 0.200 e. The highest BCUT2D eigenvalue weighted by Crippen LogP contribution is 2.42. The van der Waals surface area contributed by atoms with Crippen LogP contribution < -0.4 is 0 Å². The van der Waals surface area contributed by atoms with Gasteiger partial charge in [-0.15, -0.1) is 6.58 Å². The van der Waals surface area contributed by atoms with Crippen LogP contribution in [0.1, 0.15) is 48.0 Å². The Morgan fingerprint density at radius 3 is 1.68 bits per heavy atom. The molecule has 0 aromatic heterocycles. The summed E-state index contributed by atoms with van der Waals surface area (Å²) in [5.74, 6) is 0. The average Bonchev–Trinajstić information content (AvgIpc) is 2.24. The lowest BCUT2D eigenvalue weighted by molar-refractivity contribution is 0.0977. The Labute approximate surface area is 141 Å². The molecule has 4 heteroatoms. The second-order valence-corrected chi connectivity index (χ2v) is 19.9. The lowest BCUT2D eigenvalue weighted by Crippen LogP contribution is -2.49. The van der Waals surface area contributed by atoms with Crippen molar-refractivity contribution in [3.63, 3.8) is 0 Å². The van der Waals surface area contributed by atoms with Crippen LogP contribution >= 0.6 is 0 Å². The number of aliphatic hydroxyl groups is 1. The van der Waals surface area contributed by atoms with Crippen molar-refractivity contribution in [1.82, 2.24) is 0 Å². The molecule has 1 atom stereocenters. The molecule has 0 aliphatic carbocycles. The molecule has 0 aliphatic heterocycles. The zero-order chi connectivity index (χ0) is 17.7. The monoisotopic (exact) mass is 344 g/mol. The fourth-order valence-corrected chi connectivity index (χ4v) is 11.1. The molecular weight excluding hydrogens is 304 g/mol. The molecule has 0 aromatic carbocycles. The summed E-state index contributed by atoms with van der Waals surface area (Å²) in [6.45, 7) is 25.3. The molecule has 0 bridgehead atoms. The second kappa shape index (κ2) is 8.81. The summed E-state index contributed by atoms with van der Waals surface area (Å²) in [7, 11) is -3.01. The molecule has 0 saturated heterocycles. The van der Waals surface area contributed by atoms with Crippen LogP contribution in [0.2, 0.25) is 42.3 Å². The van der Waals surface area contributed by atoms with Crippen LogP contribution in [0.3, 0.4) is 0 Å². The lowest BCUT2D eigenvalue weighted by Gasteiger charge is -2.42. The second-order valence-electron chi connectivity index (χ2n) is 8.97. The summed E-state index contributed by atoms with van der Waals surface area (Å²) in [6, 6.07) is 1.09. The van der Waals surface area contributed by atoms with Crippen molar-refractivity contribution in [3.8, 4) is 0 Å². The average molecular weight is 345 g/mol. The molecule has 1 N–H and O–H groups in total. The maximum absolute atomic E-state index is 10.4. The largest absolute Gasteiger partial charge is 0.413 e. The molecule has 0 rings (SSSR count). The van der Waals surface area contributed by atoms with Gasteiger partial charge >= 0.3 is 0 Å².